The van der Waals surface area contributed by atoms with Crippen molar-refractivity contribution in [2.45, 2.75) is 44.6 Å². The van der Waals surface area contributed by atoms with E-state index in [4.69, 9.17) is 0 Å². The number of nitrogens with one attached hydrogen (secondary N) is 1. The highest BCUT2D eigenvalue weighted by molar-refractivity contribution is 5.83. The molecule has 1 N–H and O–H groups in total. The second kappa shape index (κ2) is 5.82. The predicted octanol–water partition coefficient (Wildman–Crippen LogP) is 2.76. The molecule has 19 heavy (non-hydrogen) atoms. The maximum atomic E-state index is 12.1. The minimum Gasteiger partial charge on any atom is -0.353 e. The molecule has 102 valence electrons. The molecule has 5 heteroatoms. The van der Waals surface area contributed by atoms with E-state index in [2.05, 4.69) is 5.32 Å². The average Bonchev–Trinajstić information content (AvgIpc) is 2.90. The molecule has 0 aliphatic heterocycles. The quantitative estimate of drug-likeness (QED) is 0.669. The Morgan fingerprint density at radius 3 is 2.42 bits per heavy atom. The smallest absolute Gasteiger partial charge is 0.269 e. The molecule has 0 unspecified atom stereocenters. The Kier molecular flexibility index (Phi) is 4.14. The fraction of sp³-hybridized carbons (Fsp3) is 0.500. The lowest BCUT2D eigenvalue weighted by atomic mass is 9.99. The first-order valence-corrected chi connectivity index (χ1v) is 6.62. The lowest BCUT2D eigenvalue weighted by molar-refractivity contribution is -0.384. The Hall–Kier alpha value is -1.91. The lowest BCUT2D eigenvalue weighted by Crippen LogP contribution is -2.35. The fourth-order valence-corrected chi connectivity index (χ4v) is 2.43. The number of carbonyl (C=O) groups excluding carboxylic acids is 1. The molecule has 1 aromatic rings. The molecule has 1 aliphatic rings. The zero-order valence-electron chi connectivity index (χ0n) is 11.0. The van der Waals surface area contributed by atoms with Gasteiger partial charge in [-0.3, -0.25) is 14.9 Å². The molecule has 1 aliphatic carbocycles. The largest absolute Gasteiger partial charge is 0.353 e. The summed E-state index contributed by atoms with van der Waals surface area (Å²) in [7, 11) is 0. The molecule has 0 saturated heterocycles. The highest BCUT2D eigenvalue weighted by Crippen LogP contribution is 2.22. The minimum atomic E-state index is -0.437. The third-order valence-electron chi connectivity index (χ3n) is 3.70. The number of nitrogens with zero attached hydrogens (tertiary/aromatic N) is 1. The number of benzene rings is 1. The van der Waals surface area contributed by atoms with Gasteiger partial charge in [0.1, 0.15) is 0 Å². The van der Waals surface area contributed by atoms with E-state index in [1.54, 1.807) is 12.1 Å². The number of nitro groups is 1. The van der Waals surface area contributed by atoms with Crippen molar-refractivity contribution in [3.05, 3.63) is 39.9 Å². The van der Waals surface area contributed by atoms with Crippen LogP contribution in [-0.4, -0.2) is 16.9 Å². The highest BCUT2D eigenvalue weighted by atomic mass is 16.6. The monoisotopic (exact) mass is 262 g/mol. The minimum absolute atomic E-state index is 0.000697. The van der Waals surface area contributed by atoms with Crippen molar-refractivity contribution in [1.82, 2.24) is 5.32 Å². The number of amides is 1. The van der Waals surface area contributed by atoms with Gasteiger partial charge in [-0.1, -0.05) is 25.0 Å². The average molecular weight is 262 g/mol. The summed E-state index contributed by atoms with van der Waals surface area (Å²) in [6, 6.07) is 6.48. The summed E-state index contributed by atoms with van der Waals surface area (Å²) in [4.78, 5) is 22.2. The molecule has 1 amide bonds. The third-order valence-corrected chi connectivity index (χ3v) is 3.70. The normalized spacial score (nSPS) is 17.1. The van der Waals surface area contributed by atoms with Crippen LogP contribution in [0.1, 0.15) is 44.1 Å². The standard InChI is InChI=1S/C14H18N2O3/c1-10(14(17)15-12-4-2-3-5-12)11-6-8-13(9-7-11)16(18)19/h6-10,12H,2-5H2,1H3,(H,15,17)/t10-/m0/s1. The predicted molar refractivity (Wildman–Crippen MR) is 71.9 cm³/mol. The Balaban J connectivity index is 1.99. The molecule has 5 nitrogen and oxygen atoms in total. The van der Waals surface area contributed by atoms with Crippen LogP contribution >= 0.6 is 0 Å². The van der Waals surface area contributed by atoms with Crippen molar-refractivity contribution in [3.63, 3.8) is 0 Å². The maximum absolute atomic E-state index is 12.1. The van der Waals surface area contributed by atoms with Crippen molar-refractivity contribution >= 4 is 11.6 Å². The van der Waals surface area contributed by atoms with Crippen molar-refractivity contribution in [3.8, 4) is 0 Å². The van der Waals surface area contributed by atoms with Gasteiger partial charge in [0.2, 0.25) is 5.91 Å². The molecular formula is C14H18N2O3. The summed E-state index contributed by atoms with van der Waals surface area (Å²) >= 11 is 0. The summed E-state index contributed by atoms with van der Waals surface area (Å²) in [6.07, 6.45) is 4.46. The van der Waals surface area contributed by atoms with E-state index in [9.17, 15) is 14.9 Å². The lowest BCUT2D eigenvalue weighted by Gasteiger charge is -2.16. The van der Waals surface area contributed by atoms with Gasteiger partial charge in [-0.05, 0) is 25.3 Å². The van der Waals surface area contributed by atoms with Crippen molar-refractivity contribution in [2.24, 2.45) is 0 Å². The molecule has 0 radical (unpaired) electrons. The van der Waals surface area contributed by atoms with Gasteiger partial charge < -0.3 is 5.32 Å². The van der Waals surface area contributed by atoms with Crippen LogP contribution in [0.15, 0.2) is 24.3 Å². The first kappa shape index (κ1) is 13.5. The molecular weight excluding hydrogens is 244 g/mol. The van der Waals surface area contributed by atoms with Crippen LogP contribution in [0.2, 0.25) is 0 Å². The van der Waals surface area contributed by atoms with Gasteiger partial charge in [0, 0.05) is 18.2 Å². The van der Waals surface area contributed by atoms with Crippen molar-refractivity contribution in [1.29, 1.82) is 0 Å². The van der Waals surface area contributed by atoms with E-state index >= 15 is 0 Å². The van der Waals surface area contributed by atoms with Crippen molar-refractivity contribution in [2.75, 3.05) is 0 Å². The summed E-state index contributed by atoms with van der Waals surface area (Å²) < 4.78 is 0. The summed E-state index contributed by atoms with van der Waals surface area (Å²) in [5.41, 5.74) is 0.855. The highest BCUT2D eigenvalue weighted by Gasteiger charge is 2.21. The number of hydrogen-bond donors (Lipinski definition) is 1. The van der Waals surface area contributed by atoms with Crippen LogP contribution < -0.4 is 5.32 Å². The molecule has 0 aromatic heterocycles. The number of carbonyl (C=O) groups is 1. The summed E-state index contributed by atoms with van der Waals surface area (Å²) in [5, 5.41) is 13.6. The summed E-state index contributed by atoms with van der Waals surface area (Å²) in [6.45, 7) is 1.82. The van der Waals surface area contributed by atoms with Gasteiger partial charge in [-0.2, -0.15) is 0 Å². The van der Waals surface area contributed by atoms with Crippen LogP contribution in [0.4, 0.5) is 5.69 Å². The van der Waals surface area contributed by atoms with Gasteiger partial charge >= 0.3 is 0 Å². The number of nitro benzene ring substituents is 1. The Bertz CT molecular complexity index is 464. The van der Waals surface area contributed by atoms with E-state index in [1.807, 2.05) is 6.92 Å². The third kappa shape index (κ3) is 3.30. The van der Waals surface area contributed by atoms with Gasteiger partial charge in [-0.25, -0.2) is 0 Å². The van der Waals surface area contributed by atoms with Gasteiger partial charge in [0.25, 0.3) is 5.69 Å². The Morgan fingerprint density at radius 1 is 1.32 bits per heavy atom. The van der Waals surface area contributed by atoms with E-state index in [-0.39, 0.29) is 17.5 Å². The molecule has 0 spiro atoms. The van der Waals surface area contributed by atoms with Crippen LogP contribution in [0.25, 0.3) is 0 Å². The molecule has 1 aromatic carbocycles. The molecule has 2 rings (SSSR count). The first-order valence-electron chi connectivity index (χ1n) is 6.62. The maximum Gasteiger partial charge on any atom is 0.269 e. The fourth-order valence-electron chi connectivity index (χ4n) is 2.43. The van der Waals surface area contributed by atoms with Crippen LogP contribution in [0.5, 0.6) is 0 Å². The van der Waals surface area contributed by atoms with E-state index in [0.29, 0.717) is 6.04 Å². The first-order chi connectivity index (χ1) is 9.08. The number of rotatable bonds is 4. The number of hydrogen-bond acceptors (Lipinski definition) is 3. The molecule has 0 heterocycles. The van der Waals surface area contributed by atoms with Gasteiger partial charge in [0.05, 0.1) is 10.8 Å². The number of non-ortho nitro benzene ring substituents is 1. The molecule has 1 saturated carbocycles. The SMILES string of the molecule is C[C@H](C(=O)NC1CCCC1)c1ccc([N+](=O)[O-])cc1. The Morgan fingerprint density at radius 2 is 1.89 bits per heavy atom. The van der Waals surface area contributed by atoms with Crippen LogP contribution in [0, 0.1) is 10.1 Å². The van der Waals surface area contributed by atoms with Gasteiger partial charge in [-0.15, -0.1) is 0 Å². The van der Waals surface area contributed by atoms with E-state index in [0.717, 1.165) is 18.4 Å². The molecule has 1 fully saturated rings. The second-order valence-corrected chi connectivity index (χ2v) is 5.06. The van der Waals surface area contributed by atoms with Crippen LogP contribution in [0.3, 0.4) is 0 Å². The second-order valence-electron chi connectivity index (χ2n) is 5.06. The van der Waals surface area contributed by atoms with Gasteiger partial charge in [0.15, 0.2) is 0 Å². The van der Waals surface area contributed by atoms with E-state index < -0.39 is 4.92 Å². The van der Waals surface area contributed by atoms with Crippen molar-refractivity contribution < 1.29 is 9.72 Å². The Labute approximate surface area is 112 Å². The molecule has 1 atom stereocenters. The van der Waals surface area contributed by atoms with E-state index in [1.165, 1.54) is 25.0 Å². The molecule has 0 bridgehead atoms. The van der Waals surface area contributed by atoms with Crippen LogP contribution in [-0.2, 0) is 4.79 Å². The zero-order valence-corrected chi connectivity index (χ0v) is 11.0. The topological polar surface area (TPSA) is 72.2 Å². The zero-order chi connectivity index (χ0) is 13.8. The summed E-state index contributed by atoms with van der Waals surface area (Å²) in [5.74, 6) is -0.276.